The summed E-state index contributed by atoms with van der Waals surface area (Å²) in [5.41, 5.74) is 5.07. The van der Waals surface area contributed by atoms with E-state index in [0.29, 0.717) is 0 Å². The summed E-state index contributed by atoms with van der Waals surface area (Å²) < 4.78 is 0. The molecule has 100 valence electrons. The zero-order valence-electron chi connectivity index (χ0n) is 12.0. The summed E-state index contributed by atoms with van der Waals surface area (Å²) in [4.78, 5) is 0. The van der Waals surface area contributed by atoms with Crippen molar-refractivity contribution in [2.45, 2.75) is 6.92 Å². The number of aryl methyl sites for hydroxylation is 1. The second kappa shape index (κ2) is 4.82. The van der Waals surface area contributed by atoms with Crippen molar-refractivity contribution in [1.82, 2.24) is 0 Å². The highest BCUT2D eigenvalue weighted by atomic mass is 14.8. The molecular formula is C19H16BN. The van der Waals surface area contributed by atoms with E-state index >= 15 is 0 Å². The van der Waals surface area contributed by atoms with Crippen molar-refractivity contribution in [2.24, 2.45) is 0 Å². The molecule has 1 N–H and O–H groups in total. The van der Waals surface area contributed by atoms with Gasteiger partial charge in [-0.25, -0.2) is 0 Å². The highest BCUT2D eigenvalue weighted by molar-refractivity contribution is 6.81. The minimum absolute atomic E-state index is 0.249. The van der Waals surface area contributed by atoms with Crippen LogP contribution in [-0.4, -0.2) is 6.85 Å². The molecule has 4 rings (SSSR count). The Labute approximate surface area is 125 Å². The summed E-state index contributed by atoms with van der Waals surface area (Å²) in [6.07, 6.45) is 2.22. The van der Waals surface area contributed by atoms with Crippen LogP contribution < -0.4 is 10.7 Å². The Morgan fingerprint density at radius 2 is 1.57 bits per heavy atom. The highest BCUT2D eigenvalue weighted by Gasteiger charge is 2.19. The van der Waals surface area contributed by atoms with Gasteiger partial charge in [0.05, 0.1) is 0 Å². The van der Waals surface area contributed by atoms with Gasteiger partial charge >= 0.3 is 6.85 Å². The van der Waals surface area contributed by atoms with E-state index in [4.69, 9.17) is 0 Å². The molecule has 2 heteroatoms. The smallest absolute Gasteiger partial charge is 0.313 e. The van der Waals surface area contributed by atoms with E-state index < -0.39 is 0 Å². The van der Waals surface area contributed by atoms with Crippen molar-refractivity contribution >= 4 is 34.8 Å². The third kappa shape index (κ3) is 2.23. The van der Waals surface area contributed by atoms with Gasteiger partial charge in [-0.3, -0.25) is 0 Å². The zero-order chi connectivity index (χ0) is 14.2. The maximum absolute atomic E-state index is 3.64. The standard InChI is InChI=1S/C19H16BN/c1-14-6-8-18(9-7-14)20-11-10-17-12-15-4-2-3-5-16(15)13-19(17)21-20/h2-13,21H,1H3. The Hall–Kier alpha value is -2.48. The van der Waals surface area contributed by atoms with Gasteiger partial charge in [0, 0.05) is 5.69 Å². The van der Waals surface area contributed by atoms with Crippen molar-refractivity contribution in [2.75, 3.05) is 5.23 Å². The average molecular weight is 269 g/mol. The van der Waals surface area contributed by atoms with E-state index in [1.54, 1.807) is 0 Å². The minimum atomic E-state index is 0.249. The average Bonchev–Trinajstić information content (AvgIpc) is 2.53. The topological polar surface area (TPSA) is 12.0 Å². The van der Waals surface area contributed by atoms with Crippen molar-refractivity contribution in [3.05, 3.63) is 77.8 Å². The lowest BCUT2D eigenvalue weighted by Crippen LogP contribution is -2.38. The monoisotopic (exact) mass is 269 g/mol. The lowest BCUT2D eigenvalue weighted by Gasteiger charge is -2.21. The van der Waals surface area contributed by atoms with Crippen LogP contribution in [0.3, 0.4) is 0 Å². The van der Waals surface area contributed by atoms with E-state index in [1.807, 2.05) is 0 Å². The van der Waals surface area contributed by atoms with Crippen LogP contribution >= 0.6 is 0 Å². The number of fused-ring (bicyclic) bond motifs is 2. The predicted molar refractivity (Wildman–Crippen MR) is 93.2 cm³/mol. The molecule has 0 fully saturated rings. The molecule has 21 heavy (non-hydrogen) atoms. The second-order valence-corrected chi connectivity index (χ2v) is 5.68. The Morgan fingerprint density at radius 3 is 2.33 bits per heavy atom. The van der Waals surface area contributed by atoms with Crippen molar-refractivity contribution < 1.29 is 0 Å². The fraction of sp³-hybridized carbons (Fsp3) is 0.0526. The molecule has 0 spiro atoms. The van der Waals surface area contributed by atoms with Crippen LogP contribution in [0, 0.1) is 6.92 Å². The first-order valence-corrected chi connectivity index (χ1v) is 7.34. The third-order valence-electron chi connectivity index (χ3n) is 4.13. The molecule has 0 saturated heterocycles. The van der Waals surface area contributed by atoms with Crippen LogP contribution in [-0.2, 0) is 0 Å². The van der Waals surface area contributed by atoms with Crippen LogP contribution in [0.2, 0.25) is 0 Å². The van der Waals surface area contributed by atoms with Gasteiger partial charge in [-0.2, -0.15) is 0 Å². The first-order chi connectivity index (χ1) is 10.3. The maximum Gasteiger partial charge on any atom is 0.313 e. The Balaban J connectivity index is 1.74. The van der Waals surface area contributed by atoms with Gasteiger partial charge in [0.15, 0.2) is 0 Å². The van der Waals surface area contributed by atoms with Crippen LogP contribution in [0.1, 0.15) is 11.1 Å². The van der Waals surface area contributed by atoms with Gasteiger partial charge < -0.3 is 5.23 Å². The largest absolute Gasteiger partial charge is 0.420 e. The molecule has 0 saturated carbocycles. The second-order valence-electron chi connectivity index (χ2n) is 5.68. The van der Waals surface area contributed by atoms with Gasteiger partial charge in [-0.05, 0) is 35.4 Å². The van der Waals surface area contributed by atoms with Crippen molar-refractivity contribution in [3.8, 4) is 0 Å². The zero-order valence-corrected chi connectivity index (χ0v) is 12.0. The molecule has 0 unspecified atom stereocenters. The summed E-state index contributed by atoms with van der Waals surface area (Å²) in [5.74, 6) is 2.24. The number of nitrogens with one attached hydrogen (secondary N) is 1. The molecule has 1 aliphatic rings. The highest BCUT2D eigenvalue weighted by Crippen LogP contribution is 2.27. The Kier molecular flexibility index (Phi) is 2.82. The summed E-state index contributed by atoms with van der Waals surface area (Å²) in [6, 6.07) is 21.7. The molecule has 1 nitrogen and oxygen atoms in total. The molecular weight excluding hydrogens is 253 g/mol. The molecule has 1 aliphatic heterocycles. The minimum Gasteiger partial charge on any atom is -0.420 e. The number of benzene rings is 3. The summed E-state index contributed by atoms with van der Waals surface area (Å²) in [6.45, 7) is 2.37. The molecule has 0 radical (unpaired) electrons. The lowest BCUT2D eigenvalue weighted by atomic mass is 9.54. The molecule has 0 bridgehead atoms. The van der Waals surface area contributed by atoms with Crippen LogP contribution in [0.5, 0.6) is 0 Å². The fourth-order valence-electron chi connectivity index (χ4n) is 2.90. The van der Waals surface area contributed by atoms with E-state index in [9.17, 15) is 0 Å². The maximum atomic E-state index is 3.64. The first kappa shape index (κ1) is 12.3. The van der Waals surface area contributed by atoms with Gasteiger partial charge in [0.1, 0.15) is 0 Å². The normalized spacial score (nSPS) is 13.1. The Bertz CT molecular complexity index is 834. The van der Waals surface area contributed by atoms with Crippen molar-refractivity contribution in [3.63, 3.8) is 0 Å². The SMILES string of the molecule is Cc1ccc(B2C=Cc3cc4ccccc4cc3N2)cc1. The molecule has 0 aromatic heterocycles. The van der Waals surface area contributed by atoms with E-state index in [0.717, 1.165) is 0 Å². The predicted octanol–water partition coefficient (Wildman–Crippen LogP) is 4.02. The van der Waals surface area contributed by atoms with Crippen molar-refractivity contribution in [1.29, 1.82) is 0 Å². The number of hydrogen-bond donors (Lipinski definition) is 1. The van der Waals surface area contributed by atoms with E-state index in [-0.39, 0.29) is 6.85 Å². The molecule has 3 aromatic rings. The third-order valence-corrected chi connectivity index (χ3v) is 4.13. The van der Waals surface area contributed by atoms with Crippen LogP contribution in [0.4, 0.5) is 5.69 Å². The molecule has 3 aromatic carbocycles. The molecule has 0 aliphatic carbocycles. The molecule has 0 amide bonds. The number of anilines is 1. The van der Waals surface area contributed by atoms with Gasteiger partial charge in [-0.15, -0.1) is 0 Å². The number of rotatable bonds is 1. The van der Waals surface area contributed by atoms with Crippen LogP contribution in [0.25, 0.3) is 16.8 Å². The fourth-order valence-corrected chi connectivity index (χ4v) is 2.90. The van der Waals surface area contributed by atoms with E-state index in [1.165, 1.54) is 33.0 Å². The number of hydrogen-bond acceptors (Lipinski definition) is 1. The molecule has 1 heterocycles. The van der Waals surface area contributed by atoms with E-state index in [2.05, 4.69) is 84.9 Å². The Morgan fingerprint density at radius 1 is 0.857 bits per heavy atom. The van der Waals surface area contributed by atoms with Crippen LogP contribution in [0.15, 0.2) is 66.6 Å². The summed E-state index contributed by atoms with van der Waals surface area (Å²) >= 11 is 0. The van der Waals surface area contributed by atoms with Gasteiger partial charge in [-0.1, -0.05) is 71.6 Å². The quantitative estimate of drug-likeness (QED) is 0.658. The summed E-state index contributed by atoms with van der Waals surface area (Å²) in [7, 11) is 0. The summed E-state index contributed by atoms with van der Waals surface area (Å²) in [5, 5.41) is 6.21. The van der Waals surface area contributed by atoms with Gasteiger partial charge in [0.25, 0.3) is 0 Å². The lowest BCUT2D eigenvalue weighted by molar-refractivity contribution is 1.49. The van der Waals surface area contributed by atoms with Gasteiger partial charge in [0.2, 0.25) is 0 Å². The molecule has 0 atom stereocenters. The first-order valence-electron chi connectivity index (χ1n) is 7.34.